The minimum absolute atomic E-state index is 0.374. The Morgan fingerprint density at radius 3 is 2.39 bits per heavy atom. The summed E-state index contributed by atoms with van der Waals surface area (Å²) in [6.45, 7) is 5.20. The standard InChI is InChI=1S/C18H27N3O2/c19-18(22)15-1-3-16(4-2-15)21-11-7-17(8-12-21)23-13-14-5-9-20-10-6-14/h1-4,14,17,20H,5-13H2,(H2,19,22). The second kappa shape index (κ2) is 7.79. The average molecular weight is 317 g/mol. The molecule has 0 aromatic heterocycles. The van der Waals surface area contributed by atoms with Crippen LogP contribution in [0.15, 0.2) is 24.3 Å². The van der Waals surface area contributed by atoms with Gasteiger partial charge in [-0.2, -0.15) is 0 Å². The summed E-state index contributed by atoms with van der Waals surface area (Å²) in [5.74, 6) is 0.359. The molecule has 126 valence electrons. The number of nitrogens with zero attached hydrogens (tertiary/aromatic N) is 1. The van der Waals surface area contributed by atoms with Crippen LogP contribution in [-0.2, 0) is 4.74 Å². The number of nitrogens with one attached hydrogen (secondary N) is 1. The number of amides is 1. The first-order valence-electron chi connectivity index (χ1n) is 8.69. The molecular weight excluding hydrogens is 290 g/mol. The molecule has 0 unspecified atom stereocenters. The molecule has 23 heavy (non-hydrogen) atoms. The molecule has 2 heterocycles. The van der Waals surface area contributed by atoms with Crippen molar-refractivity contribution in [3.05, 3.63) is 29.8 Å². The van der Waals surface area contributed by atoms with Crippen LogP contribution in [0.1, 0.15) is 36.0 Å². The fraction of sp³-hybridized carbons (Fsp3) is 0.611. The molecule has 3 rings (SSSR count). The molecule has 1 amide bonds. The Balaban J connectivity index is 1.43. The van der Waals surface area contributed by atoms with Crippen molar-refractivity contribution in [1.82, 2.24) is 5.32 Å². The maximum absolute atomic E-state index is 11.1. The maximum Gasteiger partial charge on any atom is 0.248 e. The van der Waals surface area contributed by atoms with Gasteiger partial charge in [0.25, 0.3) is 0 Å². The Morgan fingerprint density at radius 1 is 1.13 bits per heavy atom. The van der Waals surface area contributed by atoms with Crippen molar-refractivity contribution >= 4 is 11.6 Å². The molecule has 0 atom stereocenters. The van der Waals surface area contributed by atoms with Crippen LogP contribution in [-0.4, -0.2) is 44.8 Å². The lowest BCUT2D eigenvalue weighted by atomic mass is 9.99. The predicted octanol–water partition coefficient (Wildman–Crippen LogP) is 1.77. The van der Waals surface area contributed by atoms with Crippen LogP contribution in [0.5, 0.6) is 0 Å². The number of rotatable bonds is 5. The summed E-state index contributed by atoms with van der Waals surface area (Å²) < 4.78 is 6.14. The van der Waals surface area contributed by atoms with Gasteiger partial charge in [0.05, 0.1) is 6.10 Å². The van der Waals surface area contributed by atoms with Crippen molar-refractivity contribution in [3.63, 3.8) is 0 Å². The van der Waals surface area contributed by atoms with Gasteiger partial charge in [-0.3, -0.25) is 4.79 Å². The molecule has 1 aromatic rings. The zero-order valence-corrected chi connectivity index (χ0v) is 13.7. The molecule has 0 aliphatic carbocycles. The highest BCUT2D eigenvalue weighted by atomic mass is 16.5. The highest BCUT2D eigenvalue weighted by Crippen LogP contribution is 2.23. The molecule has 2 aliphatic heterocycles. The highest BCUT2D eigenvalue weighted by Gasteiger charge is 2.22. The van der Waals surface area contributed by atoms with Crippen molar-refractivity contribution in [3.8, 4) is 0 Å². The third-order valence-corrected chi connectivity index (χ3v) is 4.99. The first-order valence-corrected chi connectivity index (χ1v) is 8.69. The van der Waals surface area contributed by atoms with Crippen LogP contribution in [0.25, 0.3) is 0 Å². The second-order valence-electron chi connectivity index (χ2n) is 6.62. The summed E-state index contributed by atoms with van der Waals surface area (Å²) in [6.07, 6.45) is 5.02. The monoisotopic (exact) mass is 317 g/mol. The number of nitrogens with two attached hydrogens (primary N) is 1. The molecule has 0 bridgehead atoms. The lowest BCUT2D eigenvalue weighted by Gasteiger charge is -2.34. The van der Waals surface area contributed by atoms with Gasteiger partial charge in [-0.15, -0.1) is 0 Å². The Kier molecular flexibility index (Phi) is 5.51. The Morgan fingerprint density at radius 2 is 1.78 bits per heavy atom. The third-order valence-electron chi connectivity index (χ3n) is 4.99. The molecule has 2 saturated heterocycles. The van der Waals surface area contributed by atoms with E-state index >= 15 is 0 Å². The summed E-state index contributed by atoms with van der Waals surface area (Å²) in [5, 5.41) is 3.40. The minimum Gasteiger partial charge on any atom is -0.378 e. The maximum atomic E-state index is 11.1. The van der Waals surface area contributed by atoms with Crippen LogP contribution in [0, 0.1) is 5.92 Å². The van der Waals surface area contributed by atoms with E-state index in [-0.39, 0.29) is 5.91 Å². The quantitative estimate of drug-likeness (QED) is 0.868. The van der Waals surface area contributed by atoms with E-state index in [0.29, 0.717) is 11.7 Å². The number of carbonyl (C=O) groups is 1. The predicted molar refractivity (Wildman–Crippen MR) is 91.7 cm³/mol. The topological polar surface area (TPSA) is 67.6 Å². The van der Waals surface area contributed by atoms with Gasteiger partial charge in [0.15, 0.2) is 0 Å². The van der Waals surface area contributed by atoms with Gasteiger partial charge < -0.3 is 20.7 Å². The summed E-state index contributed by atoms with van der Waals surface area (Å²) in [6, 6.07) is 7.57. The first kappa shape index (κ1) is 16.3. The number of primary amides is 1. The van der Waals surface area contributed by atoms with Crippen molar-refractivity contribution < 1.29 is 9.53 Å². The molecule has 3 N–H and O–H groups in total. The largest absolute Gasteiger partial charge is 0.378 e. The van der Waals surface area contributed by atoms with E-state index in [0.717, 1.165) is 57.2 Å². The number of ether oxygens (including phenoxy) is 1. The van der Waals surface area contributed by atoms with E-state index in [2.05, 4.69) is 10.2 Å². The molecule has 0 radical (unpaired) electrons. The van der Waals surface area contributed by atoms with E-state index in [1.165, 1.54) is 12.8 Å². The van der Waals surface area contributed by atoms with Gasteiger partial charge in [-0.25, -0.2) is 0 Å². The summed E-state index contributed by atoms with van der Waals surface area (Å²) in [7, 11) is 0. The molecule has 2 aliphatic rings. The van der Waals surface area contributed by atoms with E-state index < -0.39 is 0 Å². The van der Waals surface area contributed by atoms with Gasteiger partial charge in [0, 0.05) is 30.9 Å². The van der Waals surface area contributed by atoms with E-state index in [1.54, 1.807) is 12.1 Å². The second-order valence-corrected chi connectivity index (χ2v) is 6.62. The van der Waals surface area contributed by atoms with Crippen LogP contribution in [0.3, 0.4) is 0 Å². The van der Waals surface area contributed by atoms with Crippen molar-refractivity contribution in [1.29, 1.82) is 0 Å². The van der Waals surface area contributed by atoms with Gasteiger partial charge in [-0.05, 0) is 69.0 Å². The van der Waals surface area contributed by atoms with Gasteiger partial charge in [0.2, 0.25) is 5.91 Å². The fourth-order valence-electron chi connectivity index (χ4n) is 3.44. The zero-order chi connectivity index (χ0) is 16.1. The smallest absolute Gasteiger partial charge is 0.248 e. The first-order chi connectivity index (χ1) is 11.2. The molecule has 5 heteroatoms. The SMILES string of the molecule is NC(=O)c1ccc(N2CCC(OCC3CCNCC3)CC2)cc1. The van der Waals surface area contributed by atoms with E-state index in [1.807, 2.05) is 12.1 Å². The van der Waals surface area contributed by atoms with Crippen LogP contribution >= 0.6 is 0 Å². The number of carbonyl (C=O) groups excluding carboxylic acids is 1. The van der Waals surface area contributed by atoms with Gasteiger partial charge in [0.1, 0.15) is 0 Å². The van der Waals surface area contributed by atoms with Crippen LogP contribution in [0.4, 0.5) is 5.69 Å². The van der Waals surface area contributed by atoms with Crippen molar-refractivity contribution in [2.24, 2.45) is 11.7 Å². The molecule has 2 fully saturated rings. The van der Waals surface area contributed by atoms with E-state index in [9.17, 15) is 4.79 Å². The summed E-state index contributed by atoms with van der Waals surface area (Å²) in [4.78, 5) is 13.5. The van der Waals surface area contributed by atoms with Crippen molar-refractivity contribution in [2.45, 2.75) is 31.8 Å². The lowest BCUT2D eigenvalue weighted by molar-refractivity contribution is 0.00948. The normalized spacial score (nSPS) is 20.6. The molecule has 5 nitrogen and oxygen atoms in total. The number of hydrogen-bond acceptors (Lipinski definition) is 4. The van der Waals surface area contributed by atoms with Crippen molar-refractivity contribution in [2.75, 3.05) is 37.7 Å². The molecular formula is C18H27N3O2. The number of hydrogen-bond donors (Lipinski definition) is 2. The average Bonchev–Trinajstić information content (AvgIpc) is 2.61. The van der Waals surface area contributed by atoms with Crippen LogP contribution < -0.4 is 16.0 Å². The number of anilines is 1. The fourth-order valence-corrected chi connectivity index (χ4v) is 3.44. The summed E-state index contributed by atoms with van der Waals surface area (Å²) >= 11 is 0. The Hall–Kier alpha value is -1.59. The van der Waals surface area contributed by atoms with E-state index in [4.69, 9.17) is 10.5 Å². The molecule has 1 aromatic carbocycles. The molecule has 0 saturated carbocycles. The lowest BCUT2D eigenvalue weighted by Crippen LogP contribution is -2.38. The zero-order valence-electron chi connectivity index (χ0n) is 13.7. The Bertz CT molecular complexity index is 504. The van der Waals surface area contributed by atoms with Gasteiger partial charge in [-0.1, -0.05) is 0 Å². The molecule has 0 spiro atoms. The Labute approximate surface area is 138 Å². The number of benzene rings is 1. The summed E-state index contributed by atoms with van der Waals surface area (Å²) in [5.41, 5.74) is 7.01. The minimum atomic E-state index is -0.374. The number of piperidine rings is 2. The third kappa shape index (κ3) is 4.45. The highest BCUT2D eigenvalue weighted by molar-refractivity contribution is 5.93. The van der Waals surface area contributed by atoms with Crippen LogP contribution in [0.2, 0.25) is 0 Å². The van der Waals surface area contributed by atoms with Gasteiger partial charge >= 0.3 is 0 Å².